The Bertz CT molecular complexity index is 1970. The van der Waals surface area contributed by atoms with Crippen molar-refractivity contribution in [3.8, 4) is 0 Å². The second-order valence-corrected chi connectivity index (χ2v) is 23.8. The third kappa shape index (κ3) is 16.1. The molecule has 0 saturated heterocycles. The molecule has 0 unspecified atom stereocenters. The summed E-state index contributed by atoms with van der Waals surface area (Å²) in [4.78, 5) is 0. The first-order valence-corrected chi connectivity index (χ1v) is 27.4. The Kier molecular flexibility index (Phi) is 20.7. The van der Waals surface area contributed by atoms with Crippen LogP contribution in [0.1, 0.15) is 0 Å². The Morgan fingerprint density at radius 3 is 0.452 bits per heavy atom. The summed E-state index contributed by atoms with van der Waals surface area (Å²) in [5.41, 5.74) is 0. The van der Waals surface area contributed by atoms with Crippen LogP contribution in [0.15, 0.2) is 266 Å². The van der Waals surface area contributed by atoms with Crippen molar-refractivity contribution in [3.05, 3.63) is 266 Å². The average molecular weight is 1000 g/mol. The summed E-state index contributed by atoms with van der Waals surface area (Å²) in [5.74, 6) is 10.0. The van der Waals surface area contributed by atoms with Gasteiger partial charge in [0.25, 0.3) is 0 Å². The summed E-state index contributed by atoms with van der Waals surface area (Å²) in [6.07, 6.45) is 0. The zero-order chi connectivity index (χ0) is 42.5. The van der Waals surface area contributed by atoms with Crippen molar-refractivity contribution >= 4 is 74.1 Å². The summed E-state index contributed by atoms with van der Waals surface area (Å²) in [6.45, 7) is 0. The zero-order valence-electron chi connectivity index (χ0n) is 33.9. The van der Waals surface area contributed by atoms with Crippen LogP contribution in [0.3, 0.4) is 0 Å². The predicted molar refractivity (Wildman–Crippen MR) is 267 cm³/mol. The van der Waals surface area contributed by atoms with Crippen molar-refractivity contribution in [2.75, 3.05) is 0 Å². The van der Waals surface area contributed by atoms with Crippen molar-refractivity contribution in [3.63, 3.8) is 0 Å². The van der Waals surface area contributed by atoms with Crippen LogP contribution in [-0.4, -0.2) is 14.0 Å². The van der Waals surface area contributed by atoms with E-state index in [4.69, 9.17) is 18.6 Å². The summed E-state index contributed by atoms with van der Waals surface area (Å²) in [5, 5.41) is 11.4. The van der Waals surface area contributed by atoms with Gasteiger partial charge in [0, 0.05) is 19.5 Å². The zero-order valence-corrected chi connectivity index (χ0v) is 40.3. The van der Waals surface area contributed by atoms with Crippen LogP contribution in [0, 0.1) is 10.2 Å². The van der Waals surface area contributed by atoms with Crippen LogP contribution in [0.25, 0.3) is 0 Å². The number of benzene rings is 8. The molecule has 8 aromatic rings. The molecule has 0 aliphatic heterocycles. The fraction of sp³-hybridized carbons (Fsp3) is 0. The van der Waals surface area contributed by atoms with Gasteiger partial charge in [-0.1, -0.05) is 146 Å². The van der Waals surface area contributed by atoms with Crippen molar-refractivity contribution in [1.29, 1.82) is 0 Å². The van der Waals surface area contributed by atoms with Crippen LogP contribution < -0.4 is 47.1 Å². The van der Waals surface area contributed by atoms with E-state index in [0.29, 0.717) is 0 Å². The number of hydrogen-bond donors (Lipinski definition) is 3. The molecule has 0 heterocycles. The quantitative estimate of drug-likeness (QED) is 0.0875. The Morgan fingerprint density at radius 1 is 0.258 bits per heavy atom. The molecule has 1 radical (unpaired) electrons. The Morgan fingerprint density at radius 2 is 0.355 bits per heavy atom. The van der Waals surface area contributed by atoms with Gasteiger partial charge in [-0.25, -0.2) is 0 Å². The smallest absolute Gasteiger partial charge is 0 e. The molecule has 4 nitrogen and oxygen atoms in total. The van der Waals surface area contributed by atoms with E-state index >= 15 is 0 Å². The summed E-state index contributed by atoms with van der Waals surface area (Å²) in [7, 11) is -8.05. The molecule has 0 saturated carbocycles. The van der Waals surface area contributed by atoms with Crippen LogP contribution >= 0.6 is 31.7 Å². The van der Waals surface area contributed by atoms with Crippen molar-refractivity contribution in [2.45, 2.75) is 0 Å². The van der Waals surface area contributed by atoms with Gasteiger partial charge in [0.2, 0.25) is 0 Å². The van der Waals surface area contributed by atoms with Gasteiger partial charge >= 0.3 is 28.9 Å². The van der Waals surface area contributed by atoms with E-state index in [0.717, 1.165) is 0 Å². The average Bonchev–Trinajstić information content (AvgIpc) is 3.31. The molecule has 0 aliphatic carbocycles. The molecular formula is C52H51ClO4P4Rh+4. The monoisotopic (exact) mass is 1000 g/mol. The van der Waals surface area contributed by atoms with Crippen LogP contribution in [-0.2, 0) is 19.5 Å². The van der Waals surface area contributed by atoms with Crippen molar-refractivity contribution in [2.24, 2.45) is 0 Å². The third-order valence-corrected chi connectivity index (χ3v) is 19.8. The minimum absolute atomic E-state index is 0. The first-order chi connectivity index (χ1) is 29.8. The van der Waals surface area contributed by atoms with E-state index < -0.39 is 41.9 Å². The van der Waals surface area contributed by atoms with E-state index in [1.165, 1.54) is 42.4 Å². The summed E-state index contributed by atoms with van der Waals surface area (Å²) >= 11 is 0. The van der Waals surface area contributed by atoms with Gasteiger partial charge < -0.3 is 0 Å². The molecule has 0 aliphatic rings. The minimum atomic E-state index is -4.19. The number of halogens is 1. The molecule has 62 heavy (non-hydrogen) atoms. The first kappa shape index (κ1) is 48.7. The Hall–Kier alpha value is -4.29. The van der Waals surface area contributed by atoms with Gasteiger partial charge in [0.05, 0.1) is 31.7 Å². The van der Waals surface area contributed by atoms with Crippen LogP contribution in [0.5, 0.6) is 0 Å². The topological polar surface area (TPSA) is 83.8 Å². The molecule has 0 atom stereocenters. The summed E-state index contributed by atoms with van der Waals surface area (Å²) < 4.78 is 30.2. The fourth-order valence-electron chi connectivity index (χ4n) is 6.71. The predicted octanol–water partition coefficient (Wildman–Crippen LogP) is 7.51. The van der Waals surface area contributed by atoms with E-state index in [9.17, 15) is 0 Å². The van der Waals surface area contributed by atoms with Gasteiger partial charge in [-0.05, 0) is 97.1 Å². The first-order valence-electron chi connectivity index (χ1n) is 19.8. The van der Waals surface area contributed by atoms with Gasteiger partial charge in [0.15, 0.2) is 0 Å². The van der Waals surface area contributed by atoms with E-state index in [2.05, 4.69) is 266 Å². The molecular weight excluding hydrogens is 951 g/mol. The Balaban J connectivity index is 0.000000208. The van der Waals surface area contributed by atoms with Gasteiger partial charge in [-0.2, -0.15) is 0 Å². The minimum Gasteiger partial charge on any atom is 0 e. The maximum atomic E-state index is 8.83. The van der Waals surface area contributed by atoms with Crippen molar-refractivity contribution in [1.82, 2.24) is 0 Å². The summed E-state index contributed by atoms with van der Waals surface area (Å²) in [6, 6.07) is 87.5. The third-order valence-electron chi connectivity index (χ3n) is 9.51. The molecule has 3 N–H and O–H groups in total. The molecule has 8 aromatic carbocycles. The standard InChI is InChI=1S/2C26H22P2.ClH3O4.Rh/c2*1-5-13-23(14-6-1)27(24-15-7-2-8-16-24)21-22-28(25-17-9-3-10-18-25)26-19-11-4-12-20-26;2-1(3,4)5;/h2*1-22H;2-4H;/p+4/b2*22-21-;;. The molecule has 315 valence electrons. The molecule has 0 aromatic heterocycles. The van der Waals surface area contributed by atoms with E-state index in [-0.39, 0.29) is 19.5 Å². The molecule has 0 amide bonds. The van der Waals surface area contributed by atoms with Crippen LogP contribution in [0.4, 0.5) is 0 Å². The maximum absolute atomic E-state index is 8.83. The molecule has 0 bridgehead atoms. The second-order valence-electron chi connectivity index (χ2n) is 13.7. The van der Waals surface area contributed by atoms with Gasteiger partial charge in [-0.15, -0.1) is 0 Å². The van der Waals surface area contributed by atoms with Gasteiger partial charge in [-0.3, -0.25) is 0 Å². The van der Waals surface area contributed by atoms with E-state index in [1.54, 1.807) is 0 Å². The van der Waals surface area contributed by atoms with Crippen LogP contribution in [0.2, 0.25) is 0 Å². The molecule has 10 heteroatoms. The fourth-order valence-corrected chi connectivity index (χ4v) is 16.7. The molecule has 0 spiro atoms. The van der Waals surface area contributed by atoms with Crippen molar-refractivity contribution < 1.29 is 48.4 Å². The second kappa shape index (κ2) is 26.4. The Labute approximate surface area is 385 Å². The van der Waals surface area contributed by atoms with E-state index in [1.807, 2.05) is 0 Å². The molecule has 8 rings (SSSR count). The number of hydrogen-bond acceptors (Lipinski definition) is 4. The normalized spacial score (nSPS) is 11.5. The molecule has 0 fully saturated rings. The largest absolute Gasteiger partial charge is 0 e. The number of rotatable bonds is 12. The maximum Gasteiger partial charge on any atom is 0 e. The SMILES string of the molecule is C(=C/[PH+](c1ccccc1)c1ccccc1)/[PH+](c1ccccc1)c1ccccc1.C(=C/[PH+](c1ccccc1)c1ccccc1)/[PH+](c1ccccc1)c1ccccc1.[O-][Cl+](O)(O)O.[Rh]. The van der Waals surface area contributed by atoms with Gasteiger partial charge in [0.1, 0.15) is 65.7 Å².